The monoisotopic (exact) mass is 272 g/mol. The minimum atomic E-state index is 0.532. The number of nitriles is 1. The van der Waals surface area contributed by atoms with Crippen molar-refractivity contribution in [3.05, 3.63) is 23.0 Å². The van der Waals surface area contributed by atoms with E-state index in [1.807, 2.05) is 19.9 Å². The summed E-state index contributed by atoms with van der Waals surface area (Å²) < 4.78 is 0. The summed E-state index contributed by atoms with van der Waals surface area (Å²) in [6.07, 6.45) is 3.80. The molecule has 2 rings (SSSR count). The second-order valence-corrected chi connectivity index (χ2v) is 5.54. The lowest BCUT2D eigenvalue weighted by molar-refractivity contribution is 0.400. The summed E-state index contributed by atoms with van der Waals surface area (Å²) in [7, 11) is 0. The first-order valence-electron chi connectivity index (χ1n) is 7.52. The third kappa shape index (κ3) is 3.29. The van der Waals surface area contributed by atoms with Gasteiger partial charge in [-0.3, -0.25) is 4.98 Å². The van der Waals surface area contributed by atoms with Gasteiger partial charge in [0.05, 0.1) is 16.9 Å². The van der Waals surface area contributed by atoms with Crippen LogP contribution in [-0.2, 0) is 0 Å². The van der Waals surface area contributed by atoms with E-state index >= 15 is 0 Å². The zero-order chi connectivity index (χ0) is 14.5. The highest BCUT2D eigenvalue weighted by Gasteiger charge is 2.19. The van der Waals surface area contributed by atoms with Crippen molar-refractivity contribution in [2.75, 3.05) is 24.5 Å². The van der Waals surface area contributed by atoms with Gasteiger partial charge in [-0.25, -0.2) is 0 Å². The Morgan fingerprint density at radius 3 is 2.85 bits per heavy atom. The fourth-order valence-corrected chi connectivity index (χ4v) is 2.94. The lowest BCUT2D eigenvalue weighted by Crippen LogP contribution is -2.44. The third-order valence-electron chi connectivity index (χ3n) is 3.99. The molecule has 20 heavy (non-hydrogen) atoms. The summed E-state index contributed by atoms with van der Waals surface area (Å²) >= 11 is 0. The predicted molar refractivity (Wildman–Crippen MR) is 82.0 cm³/mol. The first-order chi connectivity index (χ1) is 9.65. The maximum atomic E-state index is 9.41. The van der Waals surface area contributed by atoms with Crippen LogP contribution < -0.4 is 10.2 Å². The van der Waals surface area contributed by atoms with Crippen molar-refractivity contribution in [2.45, 2.75) is 46.1 Å². The molecule has 1 aliphatic heterocycles. The summed E-state index contributed by atoms with van der Waals surface area (Å²) in [5.41, 5.74) is 3.56. The predicted octanol–water partition coefficient (Wildman–Crippen LogP) is 2.54. The minimum Gasteiger partial charge on any atom is -0.369 e. The second kappa shape index (κ2) is 6.71. The van der Waals surface area contributed by atoms with Crippen molar-refractivity contribution < 1.29 is 0 Å². The quantitative estimate of drug-likeness (QED) is 0.915. The van der Waals surface area contributed by atoms with E-state index in [0.717, 1.165) is 36.7 Å². The molecular formula is C16H24N4. The molecule has 1 atom stereocenters. The van der Waals surface area contributed by atoms with E-state index in [4.69, 9.17) is 0 Å². The molecule has 2 heterocycles. The third-order valence-corrected chi connectivity index (χ3v) is 3.99. The fraction of sp³-hybridized carbons (Fsp3) is 0.625. The van der Waals surface area contributed by atoms with E-state index in [1.165, 1.54) is 19.3 Å². The highest BCUT2D eigenvalue weighted by atomic mass is 15.2. The number of rotatable bonds is 4. The van der Waals surface area contributed by atoms with Crippen LogP contribution in [0.2, 0.25) is 0 Å². The Balaban J connectivity index is 2.24. The molecule has 4 nitrogen and oxygen atoms in total. The summed E-state index contributed by atoms with van der Waals surface area (Å²) in [6, 6.07) is 4.89. The van der Waals surface area contributed by atoms with Crippen molar-refractivity contribution in [1.29, 1.82) is 5.26 Å². The molecule has 108 valence electrons. The zero-order valence-electron chi connectivity index (χ0n) is 12.7. The number of nitrogens with one attached hydrogen (secondary N) is 1. The highest BCUT2D eigenvalue weighted by molar-refractivity contribution is 5.61. The SMILES string of the molecule is CCN(CC1CCCCN1)c1cc(C)nc(C)c1C#N. The number of hydrogen-bond donors (Lipinski definition) is 1. The van der Waals surface area contributed by atoms with Gasteiger partial charge in [0, 0.05) is 24.8 Å². The number of hydrogen-bond acceptors (Lipinski definition) is 4. The zero-order valence-corrected chi connectivity index (χ0v) is 12.7. The van der Waals surface area contributed by atoms with E-state index in [9.17, 15) is 5.26 Å². The average Bonchev–Trinajstić information content (AvgIpc) is 2.45. The van der Waals surface area contributed by atoms with Gasteiger partial charge in [-0.15, -0.1) is 0 Å². The lowest BCUT2D eigenvalue weighted by Gasteiger charge is -2.32. The van der Waals surface area contributed by atoms with Crippen LogP contribution in [0.4, 0.5) is 5.69 Å². The molecule has 0 aliphatic carbocycles. The lowest BCUT2D eigenvalue weighted by atomic mass is 10.0. The Bertz CT molecular complexity index is 498. The Hall–Kier alpha value is -1.60. The standard InChI is InChI=1S/C16H24N4/c1-4-20(11-14-7-5-6-8-18-14)16-9-12(2)19-13(3)15(16)10-17/h9,14,18H,4-8,11H2,1-3H3. The molecule has 1 aliphatic rings. The molecule has 1 saturated heterocycles. The number of pyridine rings is 1. The molecule has 1 aromatic rings. The van der Waals surface area contributed by atoms with E-state index in [1.54, 1.807) is 0 Å². The van der Waals surface area contributed by atoms with Crippen LogP contribution in [0.25, 0.3) is 0 Å². The van der Waals surface area contributed by atoms with Crippen LogP contribution in [0, 0.1) is 25.2 Å². The fourth-order valence-electron chi connectivity index (χ4n) is 2.94. The van der Waals surface area contributed by atoms with Gasteiger partial charge < -0.3 is 10.2 Å². The molecule has 1 aromatic heterocycles. The number of aryl methyl sites for hydroxylation is 2. The van der Waals surface area contributed by atoms with Crippen molar-refractivity contribution in [3.63, 3.8) is 0 Å². The molecule has 0 saturated carbocycles. The van der Waals surface area contributed by atoms with Gasteiger partial charge in [0.25, 0.3) is 0 Å². The highest BCUT2D eigenvalue weighted by Crippen LogP contribution is 2.24. The number of anilines is 1. The van der Waals surface area contributed by atoms with E-state index in [2.05, 4.69) is 28.2 Å². The Morgan fingerprint density at radius 2 is 2.25 bits per heavy atom. The van der Waals surface area contributed by atoms with Crippen molar-refractivity contribution in [2.24, 2.45) is 0 Å². The van der Waals surface area contributed by atoms with Crippen LogP contribution in [0.5, 0.6) is 0 Å². The average molecular weight is 272 g/mol. The van der Waals surface area contributed by atoms with E-state index in [-0.39, 0.29) is 0 Å². The normalized spacial score (nSPS) is 18.6. The van der Waals surface area contributed by atoms with E-state index < -0.39 is 0 Å². The van der Waals surface area contributed by atoms with Crippen LogP contribution in [-0.4, -0.2) is 30.7 Å². The Morgan fingerprint density at radius 1 is 1.45 bits per heavy atom. The Kier molecular flexibility index (Phi) is 4.97. The first kappa shape index (κ1) is 14.8. The van der Waals surface area contributed by atoms with Gasteiger partial charge >= 0.3 is 0 Å². The van der Waals surface area contributed by atoms with Crippen LogP contribution in [0.3, 0.4) is 0 Å². The minimum absolute atomic E-state index is 0.532. The van der Waals surface area contributed by atoms with Gasteiger partial charge in [0.15, 0.2) is 0 Å². The number of aromatic nitrogens is 1. The van der Waals surface area contributed by atoms with Crippen molar-refractivity contribution in [3.8, 4) is 6.07 Å². The first-order valence-corrected chi connectivity index (χ1v) is 7.52. The summed E-state index contributed by atoms with van der Waals surface area (Å²) in [6.45, 7) is 9.05. The summed E-state index contributed by atoms with van der Waals surface area (Å²) in [5, 5.41) is 13.0. The number of likely N-dealkylation sites (N-methyl/N-ethyl adjacent to an activating group) is 1. The van der Waals surface area contributed by atoms with Gasteiger partial charge in [-0.2, -0.15) is 5.26 Å². The molecule has 1 N–H and O–H groups in total. The van der Waals surface area contributed by atoms with Crippen LogP contribution >= 0.6 is 0 Å². The van der Waals surface area contributed by atoms with Crippen LogP contribution in [0.15, 0.2) is 6.07 Å². The molecule has 1 unspecified atom stereocenters. The second-order valence-electron chi connectivity index (χ2n) is 5.54. The number of nitrogens with zero attached hydrogens (tertiary/aromatic N) is 3. The largest absolute Gasteiger partial charge is 0.369 e. The molecule has 0 spiro atoms. The van der Waals surface area contributed by atoms with Gasteiger partial charge in [0.2, 0.25) is 0 Å². The molecule has 1 fully saturated rings. The van der Waals surface area contributed by atoms with Crippen molar-refractivity contribution >= 4 is 5.69 Å². The molecule has 0 amide bonds. The van der Waals surface area contributed by atoms with Crippen LogP contribution in [0.1, 0.15) is 43.1 Å². The topological polar surface area (TPSA) is 52.0 Å². The molecule has 0 bridgehead atoms. The van der Waals surface area contributed by atoms with Crippen molar-refractivity contribution in [1.82, 2.24) is 10.3 Å². The van der Waals surface area contributed by atoms with E-state index in [0.29, 0.717) is 11.6 Å². The van der Waals surface area contributed by atoms with Gasteiger partial charge in [-0.05, 0) is 46.2 Å². The smallest absolute Gasteiger partial charge is 0.103 e. The van der Waals surface area contributed by atoms with Gasteiger partial charge in [-0.1, -0.05) is 6.42 Å². The molecule has 0 aromatic carbocycles. The maximum absolute atomic E-state index is 9.41. The van der Waals surface area contributed by atoms with Gasteiger partial charge in [0.1, 0.15) is 6.07 Å². The number of piperidine rings is 1. The maximum Gasteiger partial charge on any atom is 0.103 e. The molecule has 0 radical (unpaired) electrons. The Labute approximate surface area is 121 Å². The molecular weight excluding hydrogens is 248 g/mol. The summed E-state index contributed by atoms with van der Waals surface area (Å²) in [5.74, 6) is 0. The summed E-state index contributed by atoms with van der Waals surface area (Å²) in [4.78, 5) is 6.71. The molecule has 4 heteroatoms.